The van der Waals surface area contributed by atoms with Crippen LogP contribution in [0.3, 0.4) is 0 Å². The highest BCUT2D eigenvalue weighted by molar-refractivity contribution is 7.17. The first-order chi connectivity index (χ1) is 14.2. The zero-order valence-corrected chi connectivity index (χ0v) is 17.5. The number of nitrogens with zero attached hydrogens (tertiary/aromatic N) is 1. The summed E-state index contributed by atoms with van der Waals surface area (Å²) in [5.41, 5.74) is 1.02. The number of carboxylic acid groups (broad SMARTS) is 1. The van der Waals surface area contributed by atoms with Crippen molar-refractivity contribution in [2.75, 3.05) is 0 Å². The molecule has 1 amide bonds. The summed E-state index contributed by atoms with van der Waals surface area (Å²) in [6.45, 7) is 5.04. The summed E-state index contributed by atoms with van der Waals surface area (Å²) < 4.78 is 18.6. The van der Waals surface area contributed by atoms with Gasteiger partial charge in [0.2, 0.25) is 0 Å². The first kappa shape index (κ1) is 21.4. The van der Waals surface area contributed by atoms with E-state index >= 15 is 0 Å². The van der Waals surface area contributed by atoms with Crippen molar-refractivity contribution in [2.45, 2.75) is 32.9 Å². The number of carboxylic acids is 1. The fourth-order valence-electron chi connectivity index (χ4n) is 2.63. The third-order valence-corrected chi connectivity index (χ3v) is 5.57. The molecule has 0 fully saturated rings. The molecule has 0 aliphatic heterocycles. The smallest absolute Gasteiger partial charge is 0.347 e. The van der Waals surface area contributed by atoms with Crippen molar-refractivity contribution >= 4 is 23.2 Å². The van der Waals surface area contributed by atoms with E-state index in [1.807, 2.05) is 6.92 Å². The quantitative estimate of drug-likeness (QED) is 0.581. The van der Waals surface area contributed by atoms with Crippen LogP contribution >= 0.6 is 11.3 Å². The van der Waals surface area contributed by atoms with Crippen molar-refractivity contribution in [1.29, 1.82) is 0 Å². The number of carbonyl (C=O) groups is 2. The Morgan fingerprint density at radius 1 is 1.13 bits per heavy atom. The Kier molecular flexibility index (Phi) is 6.17. The number of thiazole rings is 1. The average molecular weight is 428 g/mol. The molecule has 3 rings (SSSR count). The van der Waals surface area contributed by atoms with Gasteiger partial charge in [-0.15, -0.1) is 11.3 Å². The summed E-state index contributed by atoms with van der Waals surface area (Å²) >= 11 is 1.25. The minimum Gasteiger partial charge on any atom is -0.478 e. The second-order valence-corrected chi connectivity index (χ2v) is 8.18. The van der Waals surface area contributed by atoms with Gasteiger partial charge in [-0.2, -0.15) is 0 Å². The summed E-state index contributed by atoms with van der Waals surface area (Å²) in [4.78, 5) is 28.8. The second-order valence-electron chi connectivity index (χ2n) is 7.18. The van der Waals surface area contributed by atoms with Gasteiger partial charge in [-0.1, -0.05) is 24.3 Å². The Labute approximate surface area is 177 Å². The SMILES string of the molecule is Cc1nc(C(=O)NCc2ccc(OC(C)(C)C(=O)O)cc2)sc1-c1ccc(F)cc1. The number of rotatable bonds is 7. The topological polar surface area (TPSA) is 88.5 Å². The van der Waals surface area contributed by atoms with E-state index in [1.165, 1.54) is 37.3 Å². The van der Waals surface area contributed by atoms with Gasteiger partial charge in [0.15, 0.2) is 10.6 Å². The van der Waals surface area contributed by atoms with Gasteiger partial charge >= 0.3 is 5.97 Å². The Bertz CT molecular complexity index is 1060. The third kappa shape index (κ3) is 5.01. The number of benzene rings is 2. The Morgan fingerprint density at radius 2 is 1.77 bits per heavy atom. The molecule has 0 atom stereocenters. The van der Waals surface area contributed by atoms with Gasteiger partial charge < -0.3 is 15.2 Å². The highest BCUT2D eigenvalue weighted by Crippen LogP contribution is 2.30. The van der Waals surface area contributed by atoms with Gasteiger partial charge in [0.05, 0.1) is 10.6 Å². The lowest BCUT2D eigenvalue weighted by molar-refractivity contribution is -0.152. The van der Waals surface area contributed by atoms with E-state index in [1.54, 1.807) is 36.4 Å². The maximum atomic E-state index is 13.1. The van der Waals surface area contributed by atoms with Crippen LogP contribution in [0.5, 0.6) is 5.75 Å². The van der Waals surface area contributed by atoms with E-state index in [4.69, 9.17) is 9.84 Å². The molecular weight excluding hydrogens is 407 g/mol. The van der Waals surface area contributed by atoms with Crippen molar-refractivity contribution < 1.29 is 23.8 Å². The fraction of sp³-hybridized carbons (Fsp3) is 0.227. The maximum absolute atomic E-state index is 13.1. The summed E-state index contributed by atoms with van der Waals surface area (Å²) in [6.07, 6.45) is 0. The van der Waals surface area contributed by atoms with Gasteiger partial charge in [-0.25, -0.2) is 14.2 Å². The molecule has 0 aliphatic rings. The lowest BCUT2D eigenvalue weighted by atomic mass is 10.1. The van der Waals surface area contributed by atoms with Crippen molar-refractivity contribution in [1.82, 2.24) is 10.3 Å². The van der Waals surface area contributed by atoms with Crippen LogP contribution in [0.1, 0.15) is 34.9 Å². The molecule has 0 radical (unpaired) electrons. The van der Waals surface area contributed by atoms with Gasteiger partial charge in [0.25, 0.3) is 5.91 Å². The van der Waals surface area contributed by atoms with Crippen molar-refractivity contribution in [3.63, 3.8) is 0 Å². The molecule has 0 saturated carbocycles. The summed E-state index contributed by atoms with van der Waals surface area (Å²) in [6, 6.07) is 12.9. The van der Waals surface area contributed by atoms with Crippen molar-refractivity contribution in [3.8, 4) is 16.2 Å². The molecule has 2 aromatic carbocycles. The first-order valence-corrected chi connectivity index (χ1v) is 10.0. The molecule has 0 bridgehead atoms. The fourth-order valence-corrected chi connectivity index (χ4v) is 3.62. The van der Waals surface area contributed by atoms with Crippen LogP contribution in [-0.4, -0.2) is 27.6 Å². The number of aromatic nitrogens is 1. The number of amides is 1. The summed E-state index contributed by atoms with van der Waals surface area (Å²) in [5, 5.41) is 12.3. The molecule has 6 nitrogen and oxygen atoms in total. The summed E-state index contributed by atoms with van der Waals surface area (Å²) in [5.74, 6) is -1.25. The normalized spacial score (nSPS) is 11.2. The van der Waals surface area contributed by atoms with Gasteiger partial charge in [0, 0.05) is 6.54 Å². The Morgan fingerprint density at radius 3 is 2.37 bits per heavy atom. The molecule has 8 heteroatoms. The minimum absolute atomic E-state index is 0.284. The molecule has 30 heavy (non-hydrogen) atoms. The van der Waals surface area contributed by atoms with E-state index < -0.39 is 11.6 Å². The van der Waals surface area contributed by atoms with Crippen LogP contribution in [0.4, 0.5) is 4.39 Å². The Balaban J connectivity index is 1.63. The molecular formula is C22H21FN2O4S. The number of halogens is 1. The first-order valence-electron chi connectivity index (χ1n) is 9.18. The second kappa shape index (κ2) is 8.62. The molecule has 156 valence electrons. The monoisotopic (exact) mass is 428 g/mol. The van der Waals surface area contributed by atoms with E-state index in [0.717, 1.165) is 16.0 Å². The molecule has 2 N–H and O–H groups in total. The van der Waals surface area contributed by atoms with Crippen LogP contribution in [0.15, 0.2) is 48.5 Å². The molecule has 0 spiro atoms. The van der Waals surface area contributed by atoms with Crippen molar-refractivity contribution in [3.05, 3.63) is 70.6 Å². The molecule has 0 aliphatic carbocycles. The predicted octanol–water partition coefficient (Wildman–Crippen LogP) is 4.43. The predicted molar refractivity (Wildman–Crippen MR) is 112 cm³/mol. The van der Waals surface area contributed by atoms with Crippen LogP contribution in [-0.2, 0) is 11.3 Å². The number of ether oxygens (including phenoxy) is 1. The zero-order valence-electron chi connectivity index (χ0n) is 16.7. The lowest BCUT2D eigenvalue weighted by Crippen LogP contribution is -2.37. The molecule has 0 unspecified atom stereocenters. The third-order valence-electron chi connectivity index (χ3n) is 4.36. The maximum Gasteiger partial charge on any atom is 0.347 e. The molecule has 3 aromatic rings. The van der Waals surface area contributed by atoms with Crippen LogP contribution < -0.4 is 10.1 Å². The van der Waals surface area contributed by atoms with E-state index in [-0.39, 0.29) is 18.3 Å². The van der Waals surface area contributed by atoms with Gasteiger partial charge in [0.1, 0.15) is 11.6 Å². The average Bonchev–Trinajstić information content (AvgIpc) is 3.09. The van der Waals surface area contributed by atoms with Crippen LogP contribution in [0.25, 0.3) is 10.4 Å². The molecule has 1 heterocycles. The minimum atomic E-state index is -1.33. The Hall–Kier alpha value is -3.26. The summed E-state index contributed by atoms with van der Waals surface area (Å²) in [7, 11) is 0. The van der Waals surface area contributed by atoms with E-state index in [9.17, 15) is 14.0 Å². The lowest BCUT2D eigenvalue weighted by Gasteiger charge is -2.21. The molecule has 0 saturated heterocycles. The van der Waals surface area contributed by atoms with Crippen LogP contribution in [0.2, 0.25) is 0 Å². The standard InChI is InChI=1S/C22H21FN2O4S/c1-13-18(15-6-8-16(23)9-7-15)30-20(25-13)19(26)24-12-14-4-10-17(11-5-14)29-22(2,3)21(27)28/h4-11H,12H2,1-3H3,(H,24,26)(H,27,28). The largest absolute Gasteiger partial charge is 0.478 e. The highest BCUT2D eigenvalue weighted by Gasteiger charge is 2.29. The van der Waals surface area contributed by atoms with Crippen LogP contribution in [0, 0.1) is 12.7 Å². The van der Waals surface area contributed by atoms with E-state index in [0.29, 0.717) is 16.5 Å². The highest BCUT2D eigenvalue weighted by atomic mass is 32.1. The van der Waals surface area contributed by atoms with E-state index in [2.05, 4.69) is 10.3 Å². The molecule has 1 aromatic heterocycles. The van der Waals surface area contributed by atoms with Gasteiger partial charge in [-0.05, 0) is 56.2 Å². The number of hydrogen-bond donors (Lipinski definition) is 2. The van der Waals surface area contributed by atoms with Gasteiger partial charge in [-0.3, -0.25) is 4.79 Å². The number of aryl methyl sites for hydroxylation is 1. The zero-order chi connectivity index (χ0) is 21.9. The number of nitrogens with one attached hydrogen (secondary N) is 1. The number of carbonyl (C=O) groups excluding carboxylic acids is 1. The number of hydrogen-bond acceptors (Lipinski definition) is 5. The number of aliphatic carboxylic acids is 1. The van der Waals surface area contributed by atoms with Crippen molar-refractivity contribution in [2.24, 2.45) is 0 Å².